The van der Waals surface area contributed by atoms with Gasteiger partial charge < -0.3 is 0 Å². The Balaban J connectivity index is 1.44. The molecule has 0 spiro atoms. The van der Waals surface area contributed by atoms with Gasteiger partial charge >= 0.3 is 0 Å². The molecule has 0 aromatic rings. The van der Waals surface area contributed by atoms with Crippen molar-refractivity contribution in [2.75, 3.05) is 0 Å². The van der Waals surface area contributed by atoms with Crippen molar-refractivity contribution in [3.05, 3.63) is 72.4 Å². The zero-order chi connectivity index (χ0) is 18.1. The van der Waals surface area contributed by atoms with Gasteiger partial charge in [0.2, 0.25) is 0 Å². The number of hydrogen-bond donors (Lipinski definition) is 0. The van der Waals surface area contributed by atoms with E-state index in [1.807, 2.05) is 0 Å². The first-order chi connectivity index (χ1) is 12.7. The van der Waals surface area contributed by atoms with Crippen LogP contribution in [-0.4, -0.2) is 3.92 Å². The van der Waals surface area contributed by atoms with Crippen LogP contribution in [0.2, 0.25) is 0 Å². The molecule has 0 nitrogen and oxygen atoms in total. The standard InChI is InChI=1S/C25H31I/c1-3-24-22(11-8-18-6-4-5-7-25(18)24)14-17(2)19-9-10-21-16-23(26)13-12-20(21)15-19/h3-13,17-23,25H,14-16H2,1-2H3/b24-3+/t17?,18?,19?,20?,21-,22?,23?,25+/m0/s1. The molecule has 0 fully saturated rings. The van der Waals surface area contributed by atoms with Gasteiger partial charge in [-0.2, -0.15) is 0 Å². The molecule has 0 heterocycles. The minimum absolute atomic E-state index is 0.571. The lowest BCUT2D eigenvalue weighted by atomic mass is 9.67. The largest absolute Gasteiger partial charge is 0.0872 e. The molecule has 0 saturated heterocycles. The van der Waals surface area contributed by atoms with Crippen molar-refractivity contribution in [1.82, 2.24) is 0 Å². The highest BCUT2D eigenvalue weighted by Crippen LogP contribution is 2.44. The van der Waals surface area contributed by atoms with Crippen LogP contribution < -0.4 is 0 Å². The lowest BCUT2D eigenvalue weighted by Gasteiger charge is -2.38. The van der Waals surface area contributed by atoms with E-state index in [0.717, 1.165) is 27.6 Å². The van der Waals surface area contributed by atoms with E-state index in [0.29, 0.717) is 17.8 Å². The SMILES string of the molecule is C/C=C1\C(CC(C)C2C=C[C@H]3CC(I)C=CC3C2)C=CC2C=CC=C[C@@H]12. The zero-order valence-electron chi connectivity index (χ0n) is 16.0. The summed E-state index contributed by atoms with van der Waals surface area (Å²) in [5.41, 5.74) is 1.63. The summed E-state index contributed by atoms with van der Waals surface area (Å²) < 4.78 is 0.725. The van der Waals surface area contributed by atoms with E-state index >= 15 is 0 Å². The van der Waals surface area contributed by atoms with Crippen molar-refractivity contribution < 1.29 is 0 Å². The molecule has 1 heteroatoms. The molecule has 4 aliphatic carbocycles. The Bertz CT molecular complexity index is 689. The highest BCUT2D eigenvalue weighted by Gasteiger charge is 2.34. The fourth-order valence-corrected chi connectivity index (χ4v) is 6.28. The molecule has 4 aliphatic rings. The molecule has 0 aromatic carbocycles. The van der Waals surface area contributed by atoms with E-state index in [9.17, 15) is 0 Å². The van der Waals surface area contributed by atoms with Gasteiger partial charge in [-0.25, -0.2) is 0 Å². The summed E-state index contributed by atoms with van der Waals surface area (Å²) in [4.78, 5) is 0. The topological polar surface area (TPSA) is 0 Å². The van der Waals surface area contributed by atoms with Crippen LogP contribution in [0.5, 0.6) is 0 Å². The Labute approximate surface area is 173 Å². The van der Waals surface area contributed by atoms with Crippen LogP contribution in [0, 0.1) is 41.4 Å². The molecule has 6 unspecified atom stereocenters. The van der Waals surface area contributed by atoms with Gasteiger partial charge in [0.25, 0.3) is 0 Å². The minimum Gasteiger partial charge on any atom is -0.0872 e. The third-order valence-corrected chi connectivity index (χ3v) is 7.93. The molecule has 138 valence electrons. The van der Waals surface area contributed by atoms with Gasteiger partial charge in [-0.3, -0.25) is 0 Å². The van der Waals surface area contributed by atoms with Crippen LogP contribution in [0.4, 0.5) is 0 Å². The van der Waals surface area contributed by atoms with Crippen molar-refractivity contribution in [1.29, 1.82) is 0 Å². The third kappa shape index (κ3) is 3.74. The molecule has 0 radical (unpaired) electrons. The lowest BCUT2D eigenvalue weighted by Crippen LogP contribution is -2.29. The molecule has 0 amide bonds. The molecule has 0 saturated carbocycles. The predicted octanol–water partition coefficient (Wildman–Crippen LogP) is 7.08. The summed E-state index contributed by atoms with van der Waals surface area (Å²) in [7, 11) is 0. The van der Waals surface area contributed by atoms with E-state index in [-0.39, 0.29) is 0 Å². The molecule has 0 N–H and O–H groups in total. The molecular weight excluding hydrogens is 427 g/mol. The number of rotatable bonds is 3. The summed E-state index contributed by atoms with van der Waals surface area (Å²) in [6.07, 6.45) is 30.5. The summed E-state index contributed by atoms with van der Waals surface area (Å²) >= 11 is 2.58. The van der Waals surface area contributed by atoms with Crippen molar-refractivity contribution in [3.63, 3.8) is 0 Å². The highest BCUT2D eigenvalue weighted by molar-refractivity contribution is 14.1. The van der Waals surface area contributed by atoms with Gasteiger partial charge in [0, 0.05) is 15.8 Å². The molecule has 4 rings (SSSR count). The number of allylic oxidation sites excluding steroid dienone is 12. The third-order valence-electron chi connectivity index (χ3n) is 7.01. The number of hydrogen-bond acceptors (Lipinski definition) is 0. The smallest absolute Gasteiger partial charge is 0.0295 e. The fraction of sp³-hybridized carbons (Fsp3) is 0.520. The Kier molecular flexibility index (Phi) is 5.73. The van der Waals surface area contributed by atoms with Gasteiger partial charge in [-0.1, -0.05) is 102 Å². The normalized spacial score (nSPS) is 43.3. The minimum atomic E-state index is 0.571. The Morgan fingerprint density at radius 2 is 1.73 bits per heavy atom. The van der Waals surface area contributed by atoms with Crippen molar-refractivity contribution >= 4 is 22.6 Å². The lowest BCUT2D eigenvalue weighted by molar-refractivity contribution is 0.268. The van der Waals surface area contributed by atoms with Crippen LogP contribution in [0.15, 0.2) is 72.4 Å². The van der Waals surface area contributed by atoms with Crippen LogP contribution in [0.1, 0.15) is 33.1 Å². The maximum atomic E-state index is 2.58. The van der Waals surface area contributed by atoms with Crippen molar-refractivity contribution in [3.8, 4) is 0 Å². The first-order valence-corrected chi connectivity index (χ1v) is 11.6. The monoisotopic (exact) mass is 458 g/mol. The maximum absolute atomic E-state index is 2.58. The number of fused-ring (bicyclic) bond motifs is 2. The zero-order valence-corrected chi connectivity index (χ0v) is 18.1. The van der Waals surface area contributed by atoms with Crippen LogP contribution >= 0.6 is 22.6 Å². The quantitative estimate of drug-likeness (QED) is 0.241. The average molecular weight is 458 g/mol. The molecule has 0 aromatic heterocycles. The van der Waals surface area contributed by atoms with Gasteiger partial charge in [-0.05, 0) is 55.8 Å². The summed E-state index contributed by atoms with van der Waals surface area (Å²) in [6.45, 7) is 4.71. The van der Waals surface area contributed by atoms with E-state index in [4.69, 9.17) is 0 Å². The molecule has 0 bridgehead atoms. The second-order valence-electron chi connectivity index (χ2n) is 8.61. The second-order valence-corrected chi connectivity index (χ2v) is 10.2. The first kappa shape index (κ1) is 18.5. The predicted molar refractivity (Wildman–Crippen MR) is 121 cm³/mol. The van der Waals surface area contributed by atoms with Crippen LogP contribution in [0.3, 0.4) is 0 Å². The average Bonchev–Trinajstić information content (AvgIpc) is 2.67. The van der Waals surface area contributed by atoms with E-state index in [1.165, 1.54) is 19.3 Å². The summed E-state index contributed by atoms with van der Waals surface area (Å²) in [6, 6.07) is 0. The molecular formula is C25H31I. The Hall–Kier alpha value is -0.830. The van der Waals surface area contributed by atoms with Crippen molar-refractivity contribution in [2.45, 2.75) is 37.0 Å². The Morgan fingerprint density at radius 1 is 0.962 bits per heavy atom. The molecule has 8 atom stereocenters. The molecule has 26 heavy (non-hydrogen) atoms. The van der Waals surface area contributed by atoms with E-state index in [2.05, 4.69) is 103 Å². The van der Waals surface area contributed by atoms with Crippen LogP contribution in [-0.2, 0) is 0 Å². The number of alkyl halides is 1. The molecule has 0 aliphatic heterocycles. The number of halogens is 1. The van der Waals surface area contributed by atoms with Crippen molar-refractivity contribution in [2.24, 2.45) is 41.4 Å². The fourth-order valence-electron chi connectivity index (χ4n) is 5.45. The second kappa shape index (κ2) is 8.04. The maximum Gasteiger partial charge on any atom is 0.0295 e. The van der Waals surface area contributed by atoms with Gasteiger partial charge in [0.15, 0.2) is 0 Å². The highest BCUT2D eigenvalue weighted by atomic mass is 127. The van der Waals surface area contributed by atoms with Crippen LogP contribution in [0.25, 0.3) is 0 Å². The summed E-state index contributed by atoms with van der Waals surface area (Å²) in [5, 5.41) is 0. The first-order valence-electron chi connectivity index (χ1n) is 10.4. The van der Waals surface area contributed by atoms with Gasteiger partial charge in [0.05, 0.1) is 0 Å². The Morgan fingerprint density at radius 3 is 2.58 bits per heavy atom. The summed E-state index contributed by atoms with van der Waals surface area (Å²) in [5.74, 6) is 4.80. The van der Waals surface area contributed by atoms with E-state index in [1.54, 1.807) is 5.57 Å². The van der Waals surface area contributed by atoms with Gasteiger partial charge in [-0.15, -0.1) is 0 Å². The van der Waals surface area contributed by atoms with Gasteiger partial charge in [0.1, 0.15) is 0 Å². The van der Waals surface area contributed by atoms with E-state index < -0.39 is 0 Å².